The minimum Gasteiger partial charge on any atom is -0.384 e. The second-order valence-electron chi connectivity index (χ2n) is 6.27. The molecule has 1 unspecified atom stereocenters. The summed E-state index contributed by atoms with van der Waals surface area (Å²) in [6, 6.07) is 11.9. The van der Waals surface area contributed by atoms with E-state index in [2.05, 4.69) is 22.3 Å². The lowest BCUT2D eigenvalue weighted by Gasteiger charge is -2.21. The van der Waals surface area contributed by atoms with Gasteiger partial charge in [0.25, 0.3) is 0 Å². The molecule has 3 rings (SSSR count). The van der Waals surface area contributed by atoms with E-state index in [1.165, 1.54) is 0 Å². The molecule has 1 aromatic carbocycles. The standard InChI is InChI=1S/C19H26N4O2.HI/c1-3-20-19(23-10-9-15(13-23)14-24-2)21-12-17-11-18(25-22-17)16-7-5-4-6-8-16;/h4-8,11,15H,3,9-10,12-14H2,1-2H3,(H,20,21);1H. The van der Waals surface area contributed by atoms with Gasteiger partial charge in [0.2, 0.25) is 0 Å². The third-order valence-electron chi connectivity index (χ3n) is 4.33. The second-order valence-corrected chi connectivity index (χ2v) is 6.27. The smallest absolute Gasteiger partial charge is 0.194 e. The Kier molecular flexibility index (Phi) is 8.37. The van der Waals surface area contributed by atoms with Crippen LogP contribution in [0, 0.1) is 5.92 Å². The molecule has 142 valence electrons. The highest BCUT2D eigenvalue weighted by atomic mass is 127. The lowest BCUT2D eigenvalue weighted by Crippen LogP contribution is -2.40. The normalized spacial score (nSPS) is 17.2. The van der Waals surface area contributed by atoms with Gasteiger partial charge in [-0.3, -0.25) is 0 Å². The summed E-state index contributed by atoms with van der Waals surface area (Å²) in [6.07, 6.45) is 1.14. The van der Waals surface area contributed by atoms with Crippen molar-refractivity contribution < 1.29 is 9.26 Å². The van der Waals surface area contributed by atoms with E-state index in [4.69, 9.17) is 14.3 Å². The largest absolute Gasteiger partial charge is 0.384 e. The van der Waals surface area contributed by atoms with Crippen molar-refractivity contribution in [1.29, 1.82) is 0 Å². The van der Waals surface area contributed by atoms with E-state index >= 15 is 0 Å². The lowest BCUT2D eigenvalue weighted by atomic mass is 10.1. The van der Waals surface area contributed by atoms with Crippen molar-refractivity contribution in [3.63, 3.8) is 0 Å². The molecule has 7 heteroatoms. The quantitative estimate of drug-likeness (QED) is 0.399. The fraction of sp³-hybridized carbons (Fsp3) is 0.474. The van der Waals surface area contributed by atoms with Crippen LogP contribution in [0.5, 0.6) is 0 Å². The Morgan fingerprint density at radius 1 is 1.38 bits per heavy atom. The van der Waals surface area contributed by atoms with E-state index in [9.17, 15) is 0 Å². The highest BCUT2D eigenvalue weighted by Crippen LogP contribution is 2.20. The summed E-state index contributed by atoms with van der Waals surface area (Å²) in [5, 5.41) is 7.52. The van der Waals surface area contributed by atoms with E-state index in [0.717, 1.165) is 55.6 Å². The first-order chi connectivity index (χ1) is 12.3. The predicted molar refractivity (Wildman–Crippen MR) is 114 cm³/mol. The number of methoxy groups -OCH3 is 1. The third-order valence-corrected chi connectivity index (χ3v) is 4.33. The first-order valence-electron chi connectivity index (χ1n) is 8.83. The Bertz CT molecular complexity index is 690. The maximum Gasteiger partial charge on any atom is 0.194 e. The maximum absolute atomic E-state index is 5.45. The van der Waals surface area contributed by atoms with Gasteiger partial charge >= 0.3 is 0 Å². The lowest BCUT2D eigenvalue weighted by molar-refractivity contribution is 0.157. The van der Waals surface area contributed by atoms with Crippen LogP contribution in [0.3, 0.4) is 0 Å². The van der Waals surface area contributed by atoms with Crippen molar-refractivity contribution in [3.8, 4) is 11.3 Å². The van der Waals surface area contributed by atoms with Crippen molar-refractivity contribution in [3.05, 3.63) is 42.1 Å². The second kappa shape index (κ2) is 10.5. The van der Waals surface area contributed by atoms with Crippen LogP contribution < -0.4 is 5.32 Å². The number of hydrogen-bond acceptors (Lipinski definition) is 4. The molecule has 1 saturated heterocycles. The van der Waals surface area contributed by atoms with Gasteiger partial charge in [-0.1, -0.05) is 35.5 Å². The van der Waals surface area contributed by atoms with E-state index in [-0.39, 0.29) is 24.0 Å². The first kappa shape index (κ1) is 20.7. The number of benzene rings is 1. The molecule has 2 aromatic rings. The fourth-order valence-corrected chi connectivity index (χ4v) is 3.10. The number of nitrogens with one attached hydrogen (secondary N) is 1. The first-order valence-corrected chi connectivity index (χ1v) is 8.83. The molecule has 1 N–H and O–H groups in total. The SMILES string of the molecule is CCNC(=NCc1cc(-c2ccccc2)on1)N1CCC(COC)C1.I. The van der Waals surface area contributed by atoms with Crippen LogP contribution in [0.2, 0.25) is 0 Å². The van der Waals surface area contributed by atoms with Gasteiger partial charge in [-0.25, -0.2) is 4.99 Å². The fourth-order valence-electron chi connectivity index (χ4n) is 3.10. The minimum atomic E-state index is 0. The van der Waals surface area contributed by atoms with Gasteiger partial charge in [0.1, 0.15) is 5.69 Å². The molecule has 0 spiro atoms. The van der Waals surface area contributed by atoms with Crippen molar-refractivity contribution in [2.75, 3.05) is 33.4 Å². The highest BCUT2D eigenvalue weighted by Gasteiger charge is 2.24. The molecule has 1 aromatic heterocycles. The molecule has 1 atom stereocenters. The van der Waals surface area contributed by atoms with E-state index < -0.39 is 0 Å². The number of aliphatic imine (C=N–C) groups is 1. The highest BCUT2D eigenvalue weighted by molar-refractivity contribution is 14.0. The molecule has 0 amide bonds. The number of rotatable bonds is 6. The Labute approximate surface area is 172 Å². The third kappa shape index (κ3) is 5.44. The topological polar surface area (TPSA) is 62.9 Å². The molecule has 0 radical (unpaired) electrons. The molecular weight excluding hydrogens is 443 g/mol. The predicted octanol–water partition coefficient (Wildman–Crippen LogP) is 3.39. The van der Waals surface area contributed by atoms with Crippen LogP contribution in [-0.4, -0.2) is 49.4 Å². The van der Waals surface area contributed by atoms with Crippen LogP contribution in [0.4, 0.5) is 0 Å². The molecule has 0 bridgehead atoms. The van der Waals surface area contributed by atoms with Crippen LogP contribution in [0.25, 0.3) is 11.3 Å². The summed E-state index contributed by atoms with van der Waals surface area (Å²) in [7, 11) is 1.76. The summed E-state index contributed by atoms with van der Waals surface area (Å²) < 4.78 is 10.7. The summed E-state index contributed by atoms with van der Waals surface area (Å²) in [5.41, 5.74) is 1.86. The van der Waals surface area contributed by atoms with Gasteiger partial charge in [0, 0.05) is 44.3 Å². The van der Waals surface area contributed by atoms with Gasteiger partial charge in [-0.15, -0.1) is 24.0 Å². The van der Waals surface area contributed by atoms with E-state index in [1.807, 2.05) is 36.4 Å². The zero-order chi connectivity index (χ0) is 17.5. The van der Waals surface area contributed by atoms with Gasteiger partial charge in [-0.2, -0.15) is 0 Å². The van der Waals surface area contributed by atoms with Crippen molar-refractivity contribution in [2.24, 2.45) is 10.9 Å². The minimum absolute atomic E-state index is 0. The van der Waals surface area contributed by atoms with Crippen molar-refractivity contribution >= 4 is 29.9 Å². The molecule has 26 heavy (non-hydrogen) atoms. The van der Waals surface area contributed by atoms with Crippen molar-refractivity contribution in [2.45, 2.75) is 19.9 Å². The van der Waals surface area contributed by atoms with Gasteiger partial charge < -0.3 is 19.5 Å². The van der Waals surface area contributed by atoms with E-state index in [0.29, 0.717) is 12.5 Å². The molecule has 0 saturated carbocycles. The Balaban J connectivity index is 0.00000243. The summed E-state index contributed by atoms with van der Waals surface area (Å²) in [5.74, 6) is 2.29. The van der Waals surface area contributed by atoms with Crippen LogP contribution in [0.1, 0.15) is 19.0 Å². The van der Waals surface area contributed by atoms with Crippen molar-refractivity contribution in [1.82, 2.24) is 15.4 Å². The van der Waals surface area contributed by atoms with Crippen LogP contribution in [-0.2, 0) is 11.3 Å². The average Bonchev–Trinajstić information content (AvgIpc) is 3.29. The molecule has 1 aliphatic heterocycles. The number of guanidine groups is 1. The van der Waals surface area contributed by atoms with Gasteiger partial charge in [0.15, 0.2) is 11.7 Å². The Morgan fingerprint density at radius 2 is 2.19 bits per heavy atom. The molecular formula is C19H27IN4O2. The van der Waals surface area contributed by atoms with Crippen LogP contribution in [0.15, 0.2) is 45.9 Å². The number of halogens is 1. The Morgan fingerprint density at radius 3 is 2.92 bits per heavy atom. The number of nitrogens with zero attached hydrogens (tertiary/aromatic N) is 3. The van der Waals surface area contributed by atoms with Gasteiger partial charge in [-0.05, 0) is 13.3 Å². The molecule has 0 aliphatic carbocycles. The molecule has 2 heterocycles. The summed E-state index contributed by atoms with van der Waals surface area (Å²) >= 11 is 0. The molecule has 1 fully saturated rings. The summed E-state index contributed by atoms with van der Waals surface area (Å²) in [4.78, 5) is 7.03. The van der Waals surface area contributed by atoms with Gasteiger partial charge in [0.05, 0.1) is 13.2 Å². The maximum atomic E-state index is 5.45. The zero-order valence-electron chi connectivity index (χ0n) is 15.4. The number of ether oxygens (including phenoxy) is 1. The number of likely N-dealkylation sites (tertiary alicyclic amines) is 1. The number of aromatic nitrogens is 1. The Hall–Kier alpha value is -1.61. The zero-order valence-corrected chi connectivity index (χ0v) is 17.7. The average molecular weight is 470 g/mol. The molecule has 6 nitrogen and oxygen atoms in total. The molecule has 1 aliphatic rings. The number of hydrogen-bond donors (Lipinski definition) is 1. The summed E-state index contributed by atoms with van der Waals surface area (Å²) in [6.45, 7) is 6.23. The van der Waals surface area contributed by atoms with Crippen LogP contribution >= 0.6 is 24.0 Å². The monoisotopic (exact) mass is 470 g/mol. The van der Waals surface area contributed by atoms with E-state index in [1.54, 1.807) is 7.11 Å².